The van der Waals surface area contributed by atoms with E-state index in [1.54, 1.807) is 12.5 Å². The van der Waals surface area contributed by atoms with Gasteiger partial charge in [0.2, 0.25) is 0 Å². The summed E-state index contributed by atoms with van der Waals surface area (Å²) in [6, 6.07) is 11.4. The largest absolute Gasteiger partial charge is 0.340 e. The molecule has 1 amide bonds. The van der Waals surface area contributed by atoms with Crippen molar-refractivity contribution in [3.63, 3.8) is 0 Å². The van der Waals surface area contributed by atoms with Crippen molar-refractivity contribution in [2.24, 2.45) is 12.5 Å². The highest BCUT2D eigenvalue weighted by atomic mass is 16.2. The van der Waals surface area contributed by atoms with Crippen molar-refractivity contribution in [2.75, 3.05) is 19.6 Å². The Morgan fingerprint density at radius 1 is 1.27 bits per heavy atom. The van der Waals surface area contributed by atoms with Crippen LogP contribution in [0.1, 0.15) is 48.2 Å². The third-order valence-corrected chi connectivity index (χ3v) is 5.99. The van der Waals surface area contributed by atoms with Crippen LogP contribution in [-0.2, 0) is 7.05 Å². The lowest BCUT2D eigenvalue weighted by atomic mass is 9.80. The van der Waals surface area contributed by atoms with Crippen LogP contribution in [0.15, 0.2) is 42.9 Å². The second-order valence-electron chi connectivity index (χ2n) is 8.27. The molecule has 1 N–H and O–H groups in total. The number of nitrogens with one attached hydrogen (secondary N) is 1. The number of carbonyl (C=O) groups is 1. The number of piperidine rings is 1. The summed E-state index contributed by atoms with van der Waals surface area (Å²) in [7, 11) is 1.89. The quantitative estimate of drug-likeness (QED) is 0.900. The van der Waals surface area contributed by atoms with Gasteiger partial charge in [-0.05, 0) is 30.2 Å². The molecule has 1 aliphatic carbocycles. The molecule has 5 heteroatoms. The highest BCUT2D eigenvalue weighted by Gasteiger charge is 2.40. The summed E-state index contributed by atoms with van der Waals surface area (Å²) in [4.78, 5) is 18.7. The number of hydrogen-bond donors (Lipinski definition) is 1. The van der Waals surface area contributed by atoms with E-state index in [0.29, 0.717) is 17.7 Å². The minimum atomic E-state index is 0.0620. The molecule has 2 aliphatic rings. The van der Waals surface area contributed by atoms with E-state index < -0.39 is 0 Å². The van der Waals surface area contributed by atoms with Gasteiger partial charge in [0, 0.05) is 44.8 Å². The number of imidazole rings is 1. The molecule has 1 saturated carbocycles. The molecule has 1 aliphatic heterocycles. The molecule has 0 spiro atoms. The topological polar surface area (TPSA) is 50.2 Å². The van der Waals surface area contributed by atoms with Crippen LogP contribution in [-0.4, -0.2) is 46.0 Å². The number of benzene rings is 1. The Kier molecular flexibility index (Phi) is 4.57. The molecular weight excluding hydrogens is 324 g/mol. The first-order chi connectivity index (χ1) is 12.5. The van der Waals surface area contributed by atoms with Crippen LogP contribution in [0.5, 0.6) is 0 Å². The Morgan fingerprint density at radius 3 is 2.65 bits per heavy atom. The molecule has 0 bridgehead atoms. The van der Waals surface area contributed by atoms with Crippen LogP contribution < -0.4 is 5.32 Å². The van der Waals surface area contributed by atoms with Crippen molar-refractivity contribution >= 4 is 5.91 Å². The minimum absolute atomic E-state index is 0.0620. The van der Waals surface area contributed by atoms with E-state index in [0.717, 1.165) is 32.5 Å². The molecule has 4 rings (SSSR count). The summed E-state index contributed by atoms with van der Waals surface area (Å²) < 4.78 is 1.82. The highest BCUT2D eigenvalue weighted by Crippen LogP contribution is 2.41. The van der Waals surface area contributed by atoms with Gasteiger partial charge in [0.05, 0.1) is 6.33 Å². The van der Waals surface area contributed by atoms with Crippen molar-refractivity contribution in [3.8, 4) is 0 Å². The molecule has 0 radical (unpaired) electrons. The SMILES string of the molecule is Cn1cnc(C(=O)N2CCC(C)(CN[C@@H]3CC3c3ccccc3)CC2)c1. The molecule has 26 heavy (non-hydrogen) atoms. The first-order valence-corrected chi connectivity index (χ1v) is 9.60. The van der Waals surface area contributed by atoms with Crippen molar-refractivity contribution in [2.45, 2.75) is 38.1 Å². The Bertz CT molecular complexity index is 761. The summed E-state index contributed by atoms with van der Waals surface area (Å²) >= 11 is 0. The van der Waals surface area contributed by atoms with E-state index in [1.165, 1.54) is 12.0 Å². The molecular formula is C21H28N4O. The van der Waals surface area contributed by atoms with Crippen LogP contribution in [0, 0.1) is 5.41 Å². The third-order valence-electron chi connectivity index (χ3n) is 5.99. The fourth-order valence-electron chi connectivity index (χ4n) is 3.98. The standard InChI is InChI=1S/C21H28N4O/c1-21(14-22-18-12-17(18)16-6-4-3-5-7-16)8-10-25(11-9-21)20(26)19-13-24(2)15-23-19/h3-7,13,15,17-18,22H,8-12,14H2,1-2H3/t17?,18-/m1/s1. The van der Waals surface area contributed by atoms with Crippen molar-refractivity contribution in [3.05, 3.63) is 54.1 Å². The van der Waals surface area contributed by atoms with Crippen molar-refractivity contribution in [1.82, 2.24) is 19.8 Å². The fraction of sp³-hybridized carbons (Fsp3) is 0.524. The number of likely N-dealkylation sites (tertiary alicyclic amines) is 1. The van der Waals surface area contributed by atoms with Crippen molar-refractivity contribution in [1.29, 1.82) is 0 Å². The van der Waals surface area contributed by atoms with E-state index in [-0.39, 0.29) is 11.3 Å². The molecule has 1 saturated heterocycles. The molecule has 2 fully saturated rings. The maximum atomic E-state index is 12.5. The average molecular weight is 352 g/mol. The lowest BCUT2D eigenvalue weighted by Crippen LogP contribution is -2.46. The van der Waals surface area contributed by atoms with Gasteiger partial charge in [-0.3, -0.25) is 4.79 Å². The fourth-order valence-corrected chi connectivity index (χ4v) is 3.98. The Labute approximate surface area is 155 Å². The summed E-state index contributed by atoms with van der Waals surface area (Å²) in [5.74, 6) is 0.734. The second-order valence-corrected chi connectivity index (χ2v) is 8.27. The van der Waals surface area contributed by atoms with Gasteiger partial charge in [-0.15, -0.1) is 0 Å². The number of rotatable bonds is 5. The summed E-state index contributed by atoms with van der Waals surface area (Å²) in [5.41, 5.74) is 2.27. The van der Waals surface area contributed by atoms with Crippen LogP contribution in [0.2, 0.25) is 0 Å². The van der Waals surface area contributed by atoms with Crippen molar-refractivity contribution < 1.29 is 4.79 Å². The molecule has 5 nitrogen and oxygen atoms in total. The van der Waals surface area contributed by atoms with Gasteiger partial charge in [0.15, 0.2) is 0 Å². The minimum Gasteiger partial charge on any atom is -0.340 e. The van der Waals surface area contributed by atoms with Crippen LogP contribution in [0.3, 0.4) is 0 Å². The van der Waals surface area contributed by atoms with E-state index in [1.807, 2.05) is 16.5 Å². The summed E-state index contributed by atoms with van der Waals surface area (Å²) in [6.45, 7) is 5.02. The number of carbonyl (C=O) groups excluding carboxylic acids is 1. The number of aromatic nitrogens is 2. The molecule has 1 unspecified atom stereocenters. The van der Waals surface area contributed by atoms with E-state index >= 15 is 0 Å². The van der Waals surface area contributed by atoms with Gasteiger partial charge >= 0.3 is 0 Å². The van der Waals surface area contributed by atoms with Gasteiger partial charge in [-0.2, -0.15) is 0 Å². The van der Waals surface area contributed by atoms with E-state index in [2.05, 4.69) is 47.6 Å². The molecule has 1 aromatic heterocycles. The zero-order valence-electron chi connectivity index (χ0n) is 15.7. The summed E-state index contributed by atoms with van der Waals surface area (Å²) in [6.07, 6.45) is 6.81. The van der Waals surface area contributed by atoms with Gasteiger partial charge in [-0.1, -0.05) is 37.3 Å². The van der Waals surface area contributed by atoms with Gasteiger partial charge in [0.1, 0.15) is 5.69 Å². The first kappa shape index (κ1) is 17.3. The smallest absolute Gasteiger partial charge is 0.274 e. The normalized spacial score (nSPS) is 24.5. The first-order valence-electron chi connectivity index (χ1n) is 9.60. The average Bonchev–Trinajstić information content (AvgIpc) is 3.32. The summed E-state index contributed by atoms with van der Waals surface area (Å²) in [5, 5.41) is 3.78. The number of hydrogen-bond acceptors (Lipinski definition) is 3. The maximum absolute atomic E-state index is 12.5. The van der Waals surface area contributed by atoms with Crippen LogP contribution >= 0.6 is 0 Å². The molecule has 2 atom stereocenters. The van der Waals surface area contributed by atoms with E-state index in [4.69, 9.17) is 0 Å². The predicted octanol–water partition coefficient (Wildman–Crippen LogP) is 2.81. The maximum Gasteiger partial charge on any atom is 0.274 e. The number of aryl methyl sites for hydroxylation is 1. The Hall–Kier alpha value is -2.14. The third kappa shape index (κ3) is 3.68. The second kappa shape index (κ2) is 6.88. The zero-order chi connectivity index (χ0) is 18.1. The van der Waals surface area contributed by atoms with Gasteiger partial charge in [0.25, 0.3) is 5.91 Å². The molecule has 2 heterocycles. The van der Waals surface area contributed by atoms with Crippen LogP contribution in [0.25, 0.3) is 0 Å². The number of amides is 1. The lowest BCUT2D eigenvalue weighted by molar-refractivity contribution is 0.0599. The predicted molar refractivity (Wildman–Crippen MR) is 102 cm³/mol. The van der Waals surface area contributed by atoms with Gasteiger partial charge in [-0.25, -0.2) is 4.98 Å². The molecule has 1 aromatic carbocycles. The Morgan fingerprint density at radius 2 is 2.00 bits per heavy atom. The van der Waals surface area contributed by atoms with Gasteiger partial charge < -0.3 is 14.8 Å². The monoisotopic (exact) mass is 352 g/mol. The highest BCUT2D eigenvalue weighted by molar-refractivity contribution is 5.92. The van der Waals surface area contributed by atoms with Crippen LogP contribution in [0.4, 0.5) is 0 Å². The molecule has 138 valence electrons. The number of nitrogens with zero attached hydrogens (tertiary/aromatic N) is 3. The van der Waals surface area contributed by atoms with E-state index in [9.17, 15) is 4.79 Å². The Balaban J connectivity index is 1.25. The zero-order valence-corrected chi connectivity index (χ0v) is 15.7. The lowest BCUT2D eigenvalue weighted by Gasteiger charge is -2.39. The molecule has 2 aromatic rings.